The second kappa shape index (κ2) is 20.5. The maximum atomic E-state index is 13.5. The van der Waals surface area contributed by atoms with Gasteiger partial charge in [-0.25, -0.2) is 14.4 Å². The molecule has 13 heteroatoms. The highest BCUT2D eigenvalue weighted by atomic mass is 35.5. The Labute approximate surface area is 322 Å². The summed E-state index contributed by atoms with van der Waals surface area (Å²) in [6, 6.07) is 16.4. The molecule has 0 aliphatic carbocycles. The van der Waals surface area contributed by atoms with Gasteiger partial charge in [-0.3, -0.25) is 9.88 Å². The molecule has 6 rings (SSSR count). The van der Waals surface area contributed by atoms with Crippen molar-refractivity contribution in [1.29, 1.82) is 0 Å². The van der Waals surface area contributed by atoms with Crippen molar-refractivity contribution >= 4 is 62.2 Å². The van der Waals surface area contributed by atoms with Gasteiger partial charge >= 0.3 is 0 Å². The summed E-state index contributed by atoms with van der Waals surface area (Å²) in [4.78, 5) is 17.9. The van der Waals surface area contributed by atoms with E-state index in [-0.39, 0.29) is 5.02 Å². The largest absolute Gasteiger partial charge is 0.493 e. The Hall–Kier alpha value is -4.00. The van der Waals surface area contributed by atoms with E-state index in [9.17, 15) is 4.39 Å². The molecule has 1 fully saturated rings. The third-order valence-corrected chi connectivity index (χ3v) is 9.72. The lowest BCUT2D eigenvalue weighted by Crippen LogP contribution is -2.37. The summed E-state index contributed by atoms with van der Waals surface area (Å²) >= 11 is 11.9. The number of aromatic nitrogens is 3. The molecule has 0 radical (unpaired) electrons. The fourth-order valence-electron chi connectivity index (χ4n) is 6.19. The number of hydrogen-bond acceptors (Lipinski definition) is 10. The quantitative estimate of drug-likeness (QED) is 0.0948. The number of nitrogens with one attached hydrogen (secondary N) is 2. The van der Waals surface area contributed by atoms with Gasteiger partial charge in [-0.2, -0.15) is 0 Å². The van der Waals surface area contributed by atoms with Gasteiger partial charge in [0.15, 0.2) is 11.5 Å². The van der Waals surface area contributed by atoms with E-state index in [4.69, 9.17) is 37.4 Å². The van der Waals surface area contributed by atoms with Gasteiger partial charge in [0.05, 0.1) is 43.0 Å². The first-order chi connectivity index (χ1) is 25.8. The molecule has 10 nitrogen and oxygen atoms in total. The zero-order valence-electron chi connectivity index (χ0n) is 31.0. The normalized spacial score (nSPS) is 13.8. The lowest BCUT2D eigenvalue weighted by Gasteiger charge is -2.26. The van der Waals surface area contributed by atoms with Crippen LogP contribution in [0.5, 0.6) is 11.5 Å². The number of pyridine rings is 1. The molecule has 1 aliphatic heterocycles. The summed E-state index contributed by atoms with van der Waals surface area (Å²) in [5, 5.41) is 9.43. The van der Waals surface area contributed by atoms with Crippen LogP contribution in [0.25, 0.3) is 21.8 Å². The minimum absolute atomic E-state index is 0.0364. The van der Waals surface area contributed by atoms with Crippen LogP contribution in [0.2, 0.25) is 10.0 Å². The predicted octanol–water partition coefficient (Wildman–Crippen LogP) is 9.09. The molecule has 0 saturated carbocycles. The number of methoxy groups -OCH3 is 1. The number of morpholine rings is 1. The van der Waals surface area contributed by atoms with Gasteiger partial charge in [0, 0.05) is 65.1 Å². The topological polar surface area (TPSA) is 96.9 Å². The lowest BCUT2D eigenvalue weighted by molar-refractivity contribution is 0.0357. The zero-order chi connectivity index (χ0) is 37.6. The van der Waals surface area contributed by atoms with E-state index < -0.39 is 5.82 Å². The molecule has 3 heterocycles. The Morgan fingerprint density at radius 2 is 1.72 bits per heavy atom. The highest BCUT2D eigenvalue weighted by molar-refractivity contribution is 6.31. The van der Waals surface area contributed by atoms with Crippen molar-refractivity contribution in [2.45, 2.75) is 46.1 Å². The minimum atomic E-state index is -0.475. The van der Waals surface area contributed by atoms with Crippen molar-refractivity contribution in [3.63, 3.8) is 0 Å². The molecule has 1 aliphatic rings. The first-order valence-electron chi connectivity index (χ1n) is 18.3. The van der Waals surface area contributed by atoms with E-state index >= 15 is 0 Å². The summed E-state index contributed by atoms with van der Waals surface area (Å²) in [6.45, 7) is 15.1. The van der Waals surface area contributed by atoms with Crippen molar-refractivity contribution in [1.82, 2.24) is 24.8 Å². The Morgan fingerprint density at radius 3 is 2.47 bits per heavy atom. The first kappa shape index (κ1) is 40.2. The van der Waals surface area contributed by atoms with E-state index in [1.54, 1.807) is 13.2 Å². The minimum Gasteiger partial charge on any atom is -0.493 e. The molecule has 5 aromatic rings. The van der Waals surface area contributed by atoms with Crippen molar-refractivity contribution in [3.05, 3.63) is 83.0 Å². The number of hydrogen-bond donors (Lipinski definition) is 2. The molecule has 0 spiro atoms. The molecule has 0 bridgehead atoms. The van der Waals surface area contributed by atoms with E-state index in [2.05, 4.69) is 56.2 Å². The van der Waals surface area contributed by atoms with Crippen molar-refractivity contribution in [2.24, 2.45) is 0 Å². The smallest absolute Gasteiger partial charge is 0.162 e. The molecule has 2 aromatic heterocycles. The van der Waals surface area contributed by atoms with E-state index in [1.165, 1.54) is 31.4 Å². The lowest BCUT2D eigenvalue weighted by atomic mass is 10.1. The number of benzene rings is 3. The highest BCUT2D eigenvalue weighted by Crippen LogP contribution is 2.35. The maximum Gasteiger partial charge on any atom is 0.162 e. The molecule has 2 N–H and O–H groups in total. The maximum absolute atomic E-state index is 13.5. The zero-order valence-corrected chi connectivity index (χ0v) is 32.5. The van der Waals surface area contributed by atoms with Crippen LogP contribution < -0.4 is 20.1 Å². The monoisotopic (exact) mass is 765 g/mol. The Bertz CT molecular complexity index is 1910. The van der Waals surface area contributed by atoms with Crippen LogP contribution in [0.4, 0.5) is 21.6 Å². The van der Waals surface area contributed by atoms with Gasteiger partial charge in [-0.15, -0.1) is 0 Å². The standard InChI is InChI=1S/C22H24ClFN4O3.C18H26ClN3/c1-29-20-13-19-16(12-21(20)31-8-2-5-28-6-9-30-10-7-28)22(26-14-25-19)27-15-3-4-18(24)17(23)11-15;1-4-22(5-2)12-6-7-14(3)21-17-10-11-20-18-13-15(19)8-9-16(17)18/h3-4,11-14H,2,5-10H2,1H3,(H,25,26,27);8-11,13-14H,4-7,12H2,1-3H3,(H,20,21). The molecular formula is C40H50Cl2FN7O3. The van der Waals surface area contributed by atoms with Crippen LogP contribution in [-0.4, -0.2) is 97.0 Å². The third-order valence-electron chi connectivity index (χ3n) is 9.20. The van der Waals surface area contributed by atoms with Gasteiger partial charge in [0.25, 0.3) is 0 Å². The number of anilines is 3. The summed E-state index contributed by atoms with van der Waals surface area (Å²) < 4.78 is 30.4. The number of fused-ring (bicyclic) bond motifs is 2. The Kier molecular flexibility index (Phi) is 15.5. The Morgan fingerprint density at radius 1 is 0.925 bits per heavy atom. The predicted molar refractivity (Wildman–Crippen MR) is 215 cm³/mol. The molecule has 284 valence electrons. The third kappa shape index (κ3) is 11.7. The van der Waals surface area contributed by atoms with Gasteiger partial charge in [0.2, 0.25) is 0 Å². The summed E-state index contributed by atoms with van der Waals surface area (Å²) in [6.07, 6.45) is 6.56. The number of nitrogens with zero attached hydrogens (tertiary/aromatic N) is 5. The van der Waals surface area contributed by atoms with E-state index in [0.29, 0.717) is 41.2 Å². The summed E-state index contributed by atoms with van der Waals surface area (Å²) in [5.74, 6) is 1.31. The van der Waals surface area contributed by atoms with Gasteiger partial charge < -0.3 is 29.7 Å². The molecule has 1 atom stereocenters. The fourth-order valence-corrected chi connectivity index (χ4v) is 6.53. The number of rotatable bonds is 16. The SMILES string of the molecule is CCN(CC)CCCC(C)Nc1ccnc2cc(Cl)ccc12.COc1cc2ncnc(Nc3ccc(F)c(Cl)c3)c2cc1OCCCN1CCOCC1. The average Bonchev–Trinajstić information content (AvgIpc) is 3.17. The molecule has 3 aromatic carbocycles. The van der Waals surface area contributed by atoms with Gasteiger partial charge in [-0.05, 0) is 94.4 Å². The highest BCUT2D eigenvalue weighted by Gasteiger charge is 2.14. The van der Waals surface area contributed by atoms with Crippen LogP contribution in [0.3, 0.4) is 0 Å². The van der Waals surface area contributed by atoms with Crippen LogP contribution in [-0.2, 0) is 4.74 Å². The average molecular weight is 767 g/mol. The van der Waals surface area contributed by atoms with E-state index in [0.717, 1.165) is 85.8 Å². The van der Waals surface area contributed by atoms with Gasteiger partial charge in [-0.1, -0.05) is 37.0 Å². The summed E-state index contributed by atoms with van der Waals surface area (Å²) in [5.41, 5.74) is 3.39. The van der Waals surface area contributed by atoms with Crippen molar-refractivity contribution < 1.29 is 18.6 Å². The Balaban J connectivity index is 0.000000217. The number of halogens is 3. The van der Waals surface area contributed by atoms with Crippen molar-refractivity contribution in [2.75, 3.05) is 76.8 Å². The summed E-state index contributed by atoms with van der Waals surface area (Å²) in [7, 11) is 1.60. The molecular weight excluding hydrogens is 716 g/mol. The molecule has 0 amide bonds. The second-order valence-corrected chi connectivity index (χ2v) is 13.7. The fraction of sp³-hybridized carbons (Fsp3) is 0.425. The second-order valence-electron chi connectivity index (χ2n) is 12.9. The first-order valence-corrected chi connectivity index (χ1v) is 19.0. The molecule has 1 saturated heterocycles. The van der Waals surface area contributed by atoms with E-state index in [1.807, 2.05) is 42.6 Å². The van der Waals surface area contributed by atoms with Crippen molar-refractivity contribution in [3.8, 4) is 11.5 Å². The van der Waals surface area contributed by atoms with Crippen LogP contribution in [0.15, 0.2) is 67.1 Å². The van der Waals surface area contributed by atoms with Crippen LogP contribution >= 0.6 is 23.2 Å². The van der Waals surface area contributed by atoms with Crippen LogP contribution in [0, 0.1) is 5.82 Å². The van der Waals surface area contributed by atoms with Gasteiger partial charge in [0.1, 0.15) is 18.0 Å². The van der Waals surface area contributed by atoms with Crippen LogP contribution in [0.1, 0.15) is 40.0 Å². The molecule has 1 unspecified atom stereocenters. The molecule has 53 heavy (non-hydrogen) atoms. The number of ether oxygens (including phenoxy) is 3.